The van der Waals surface area contributed by atoms with Crippen molar-refractivity contribution in [2.45, 2.75) is 30.6 Å². The van der Waals surface area contributed by atoms with E-state index in [1.807, 2.05) is 0 Å². The molecule has 0 aliphatic carbocycles. The number of rotatable bonds is 2. The van der Waals surface area contributed by atoms with Crippen LogP contribution in [0.1, 0.15) is 0 Å². The molecule has 0 nitrogen and oxygen atoms in total. The largest absolute Gasteiger partial charge is 0.431 e. The number of hydrogen-bond acceptors (Lipinski definition) is 0. The second-order valence-corrected chi connectivity index (χ2v) is 4.05. The fourth-order valence-electron chi connectivity index (χ4n) is 0.789. The molecule has 0 aromatic carbocycles. The molecule has 0 amide bonds. The van der Waals surface area contributed by atoms with Gasteiger partial charge in [0, 0.05) is 9.52 Å². The van der Waals surface area contributed by atoms with Gasteiger partial charge in [-0.1, -0.05) is 6.55 Å². The lowest BCUT2D eigenvalue weighted by atomic mass is 10.1. The molecule has 0 spiro atoms. The molecule has 0 unspecified atom stereocenters. The Hall–Kier alpha value is -0.273. The van der Waals surface area contributed by atoms with Gasteiger partial charge in [-0.3, -0.25) is 0 Å². The maximum atomic E-state index is 12.6. The third-order valence-electron chi connectivity index (χ3n) is 1.49. The van der Waals surface area contributed by atoms with Crippen LogP contribution in [0.15, 0.2) is 0 Å². The molecule has 80 valence electrons. The summed E-state index contributed by atoms with van der Waals surface area (Å²) in [5.74, 6) is 0. The zero-order valence-corrected chi connectivity index (χ0v) is 7.97. The predicted molar refractivity (Wildman–Crippen MR) is 35.2 cm³/mol. The minimum absolute atomic E-state index is 1.19. The first-order chi connectivity index (χ1) is 5.56. The van der Waals surface area contributed by atoms with Crippen molar-refractivity contribution in [1.82, 2.24) is 0 Å². The summed E-state index contributed by atoms with van der Waals surface area (Å²) < 4.78 is 82.9. The average Bonchev–Trinajstić information content (AvgIpc) is 1.82. The Morgan fingerprint density at radius 3 is 1.23 bits per heavy atom. The summed E-state index contributed by atoms with van der Waals surface area (Å²) in [7, 11) is -1.66. The molecule has 0 aliphatic heterocycles. The molecule has 0 aromatic rings. The van der Waals surface area contributed by atoms with Gasteiger partial charge in [0.2, 0.25) is 0 Å². The van der Waals surface area contributed by atoms with E-state index in [2.05, 4.69) is 0 Å². The molecule has 0 saturated carbocycles. The van der Waals surface area contributed by atoms with Crippen molar-refractivity contribution in [1.29, 1.82) is 0 Å². The number of halogens is 7. The van der Waals surface area contributed by atoms with E-state index in [1.165, 1.54) is 6.55 Å². The van der Waals surface area contributed by atoms with E-state index < -0.39 is 33.6 Å². The number of hydrogen-bond donors (Lipinski definition) is 0. The van der Waals surface area contributed by atoms with E-state index in [9.17, 15) is 30.7 Å². The lowest BCUT2D eigenvalue weighted by Crippen LogP contribution is -2.53. The molecule has 0 saturated heterocycles. The van der Waals surface area contributed by atoms with Crippen LogP contribution in [0.3, 0.4) is 0 Å². The fraction of sp³-hybridized carbons (Fsp3) is 1.00. The highest BCUT2D eigenvalue weighted by molar-refractivity contribution is 6.33. The lowest BCUT2D eigenvalue weighted by Gasteiger charge is -2.29. The fourth-order valence-corrected chi connectivity index (χ4v) is 2.04. The van der Waals surface area contributed by atoms with Gasteiger partial charge in [-0.05, 0) is 6.04 Å². The monoisotopic (exact) mass is 228 g/mol. The van der Waals surface area contributed by atoms with Crippen LogP contribution in [0.5, 0.6) is 0 Å². The van der Waals surface area contributed by atoms with E-state index in [0.717, 1.165) is 0 Å². The van der Waals surface area contributed by atoms with E-state index in [1.54, 1.807) is 0 Å². The number of alkyl halides is 7. The third kappa shape index (κ3) is 2.35. The summed E-state index contributed by atoms with van der Waals surface area (Å²) >= 11 is 0. The van der Waals surface area contributed by atoms with Gasteiger partial charge in [0.25, 0.3) is 5.67 Å². The highest BCUT2D eigenvalue weighted by Crippen LogP contribution is 2.48. The van der Waals surface area contributed by atoms with Gasteiger partial charge in [-0.25, -0.2) is 4.39 Å². The minimum Gasteiger partial charge on any atom is -0.224 e. The van der Waals surface area contributed by atoms with Crippen LogP contribution in [-0.4, -0.2) is 27.5 Å². The van der Waals surface area contributed by atoms with Crippen molar-refractivity contribution in [3.63, 3.8) is 0 Å². The van der Waals surface area contributed by atoms with Crippen molar-refractivity contribution in [3.8, 4) is 0 Å². The molecule has 0 N–H and O–H groups in total. The first-order valence-electron chi connectivity index (χ1n) is 3.38. The van der Waals surface area contributed by atoms with Crippen LogP contribution >= 0.6 is 0 Å². The van der Waals surface area contributed by atoms with Crippen LogP contribution in [0.4, 0.5) is 30.7 Å². The lowest BCUT2D eigenvalue weighted by molar-refractivity contribution is -0.334. The first-order valence-corrected chi connectivity index (χ1v) is 5.80. The normalized spacial score (nSPS) is 15.7. The van der Waals surface area contributed by atoms with Crippen LogP contribution < -0.4 is 0 Å². The molecule has 13 heavy (non-hydrogen) atoms. The SMILES string of the molecule is C[SiH2]CC(F)(C(F)(F)F)C(F)(F)F. The summed E-state index contributed by atoms with van der Waals surface area (Å²) in [4.78, 5) is 0. The molecular weight excluding hydrogens is 221 g/mol. The molecule has 0 aliphatic rings. The second-order valence-electron chi connectivity index (χ2n) is 2.55. The summed E-state index contributed by atoms with van der Waals surface area (Å²) in [5, 5.41) is 0. The van der Waals surface area contributed by atoms with Gasteiger partial charge in [-0.2, -0.15) is 26.3 Å². The second kappa shape index (κ2) is 3.47. The molecule has 0 fully saturated rings. The van der Waals surface area contributed by atoms with Crippen LogP contribution in [0.2, 0.25) is 12.6 Å². The van der Waals surface area contributed by atoms with Crippen LogP contribution in [-0.2, 0) is 0 Å². The van der Waals surface area contributed by atoms with Crippen molar-refractivity contribution in [3.05, 3.63) is 0 Å². The topological polar surface area (TPSA) is 0 Å². The predicted octanol–water partition coefficient (Wildman–Crippen LogP) is 2.45. The highest BCUT2D eigenvalue weighted by Gasteiger charge is 2.71. The minimum atomic E-state index is -5.87. The maximum Gasteiger partial charge on any atom is 0.431 e. The Bertz CT molecular complexity index is 155. The van der Waals surface area contributed by atoms with Crippen molar-refractivity contribution >= 4 is 9.52 Å². The first kappa shape index (κ1) is 12.7. The Kier molecular flexibility index (Phi) is 3.39. The Labute approximate surface area is 71.9 Å². The van der Waals surface area contributed by atoms with E-state index in [0.29, 0.717) is 0 Å². The maximum absolute atomic E-state index is 12.6. The van der Waals surface area contributed by atoms with Crippen molar-refractivity contribution < 1.29 is 30.7 Å². The summed E-state index contributed by atoms with van der Waals surface area (Å²) in [6.07, 6.45) is -11.7. The Morgan fingerprint density at radius 2 is 1.15 bits per heavy atom. The molecular formula is C5H7F7Si. The van der Waals surface area contributed by atoms with Gasteiger partial charge in [0.15, 0.2) is 0 Å². The van der Waals surface area contributed by atoms with Crippen LogP contribution in [0.25, 0.3) is 0 Å². The molecule has 0 heterocycles. The standard InChI is InChI=1S/C5H7F7Si/c1-13-2-3(6,4(7,8)9)5(10,11)12/h2,13H2,1H3. The van der Waals surface area contributed by atoms with Gasteiger partial charge >= 0.3 is 12.4 Å². The smallest absolute Gasteiger partial charge is 0.224 e. The Balaban J connectivity index is 4.96. The molecule has 0 radical (unpaired) electrons. The molecule has 0 atom stereocenters. The van der Waals surface area contributed by atoms with E-state index in [4.69, 9.17) is 0 Å². The third-order valence-corrected chi connectivity index (χ3v) is 2.68. The molecule has 0 rings (SSSR count). The van der Waals surface area contributed by atoms with E-state index in [-0.39, 0.29) is 0 Å². The van der Waals surface area contributed by atoms with Gasteiger partial charge in [0.1, 0.15) is 0 Å². The van der Waals surface area contributed by atoms with Crippen molar-refractivity contribution in [2.24, 2.45) is 0 Å². The molecule has 8 heteroatoms. The Morgan fingerprint density at radius 1 is 0.846 bits per heavy atom. The molecule has 0 aromatic heterocycles. The average molecular weight is 228 g/mol. The zero-order valence-electron chi connectivity index (χ0n) is 6.56. The van der Waals surface area contributed by atoms with Crippen molar-refractivity contribution in [2.75, 3.05) is 0 Å². The van der Waals surface area contributed by atoms with E-state index >= 15 is 0 Å². The van der Waals surface area contributed by atoms with Gasteiger partial charge in [-0.15, -0.1) is 0 Å². The summed E-state index contributed by atoms with van der Waals surface area (Å²) in [5.41, 5.74) is -5.01. The highest BCUT2D eigenvalue weighted by atomic mass is 28.2. The van der Waals surface area contributed by atoms with Gasteiger partial charge < -0.3 is 0 Å². The molecule has 0 bridgehead atoms. The zero-order chi connectivity index (χ0) is 10.9. The van der Waals surface area contributed by atoms with Gasteiger partial charge in [0.05, 0.1) is 0 Å². The van der Waals surface area contributed by atoms with Crippen LogP contribution in [0, 0.1) is 0 Å². The quantitative estimate of drug-likeness (QED) is 0.503. The summed E-state index contributed by atoms with van der Waals surface area (Å²) in [6.45, 7) is 1.19. The summed E-state index contributed by atoms with van der Waals surface area (Å²) in [6, 6.07) is -1.46.